The van der Waals surface area contributed by atoms with Crippen molar-refractivity contribution in [3.8, 4) is 6.07 Å². The minimum atomic E-state index is -0.163. The summed E-state index contributed by atoms with van der Waals surface area (Å²) in [6, 6.07) is 2.00. The lowest BCUT2D eigenvalue weighted by Gasteiger charge is -2.24. The first-order valence-electron chi connectivity index (χ1n) is 3.79. The van der Waals surface area contributed by atoms with Crippen molar-refractivity contribution in [1.82, 2.24) is 0 Å². The number of ether oxygens (including phenoxy) is 1. The van der Waals surface area contributed by atoms with Crippen LogP contribution in [0.2, 0.25) is 0 Å². The minimum absolute atomic E-state index is 0.156. The molecule has 60 valence electrons. The molecule has 1 aliphatic rings. The van der Waals surface area contributed by atoms with Crippen LogP contribution in [0.4, 0.5) is 0 Å². The van der Waals surface area contributed by atoms with E-state index in [4.69, 9.17) is 10.00 Å². The molecule has 1 saturated heterocycles. The summed E-state index contributed by atoms with van der Waals surface area (Å²) in [6.07, 6.45) is 1.51. The Morgan fingerprint density at radius 2 is 2.55 bits per heavy atom. The molecule has 1 rings (SSSR count). The number of nitrogens with zero attached hydrogens (tertiary/aromatic N) is 1. The number of nitriles is 1. The lowest BCUT2D eigenvalue weighted by atomic mass is 9.96. The summed E-state index contributed by atoms with van der Waals surface area (Å²) in [5, 5.41) is 8.35. The zero-order valence-corrected chi connectivity index (χ0v) is 6.54. The highest BCUT2D eigenvalue weighted by atomic mass is 16.5. The topological polar surface area (TPSA) is 50.1 Å². The molecule has 1 heterocycles. The van der Waals surface area contributed by atoms with E-state index >= 15 is 0 Å². The van der Waals surface area contributed by atoms with Crippen LogP contribution >= 0.6 is 0 Å². The molecule has 11 heavy (non-hydrogen) atoms. The molecular formula is C8H11NO2. The molecule has 0 aromatic rings. The lowest BCUT2D eigenvalue weighted by Crippen LogP contribution is -2.27. The van der Waals surface area contributed by atoms with Crippen molar-refractivity contribution in [1.29, 1.82) is 5.26 Å². The molecule has 0 saturated carbocycles. The van der Waals surface area contributed by atoms with Gasteiger partial charge in [0, 0.05) is 6.42 Å². The van der Waals surface area contributed by atoms with Gasteiger partial charge in [0.2, 0.25) is 0 Å². The van der Waals surface area contributed by atoms with Crippen LogP contribution in [0.1, 0.15) is 26.2 Å². The van der Waals surface area contributed by atoms with Crippen LogP contribution in [0.3, 0.4) is 0 Å². The minimum Gasteiger partial charge on any atom is -0.461 e. The van der Waals surface area contributed by atoms with Gasteiger partial charge in [-0.1, -0.05) is 6.92 Å². The van der Waals surface area contributed by atoms with Crippen molar-refractivity contribution in [3.05, 3.63) is 0 Å². The van der Waals surface area contributed by atoms with E-state index in [1.807, 2.05) is 13.0 Å². The average molecular weight is 153 g/mol. The molecule has 1 aliphatic heterocycles. The van der Waals surface area contributed by atoms with Crippen molar-refractivity contribution < 1.29 is 9.53 Å². The Morgan fingerprint density at radius 1 is 1.82 bits per heavy atom. The highest BCUT2D eigenvalue weighted by Gasteiger charge is 2.25. The number of rotatable bonds is 1. The second kappa shape index (κ2) is 3.38. The second-order valence-electron chi connectivity index (χ2n) is 3.02. The van der Waals surface area contributed by atoms with E-state index in [-0.39, 0.29) is 12.1 Å². The smallest absolute Gasteiger partial charge is 0.306 e. The summed E-state index contributed by atoms with van der Waals surface area (Å²) in [5.41, 5.74) is 0. The molecule has 0 aliphatic carbocycles. The Balaban J connectivity index is 2.44. The highest BCUT2D eigenvalue weighted by molar-refractivity contribution is 5.70. The van der Waals surface area contributed by atoms with Crippen molar-refractivity contribution >= 4 is 5.97 Å². The number of hydrogen-bond donors (Lipinski definition) is 0. The van der Waals surface area contributed by atoms with E-state index in [1.54, 1.807) is 0 Å². The third-order valence-corrected chi connectivity index (χ3v) is 1.80. The zero-order chi connectivity index (χ0) is 8.27. The van der Waals surface area contributed by atoms with Crippen LogP contribution in [0.5, 0.6) is 0 Å². The van der Waals surface area contributed by atoms with E-state index in [9.17, 15) is 4.79 Å². The van der Waals surface area contributed by atoms with E-state index < -0.39 is 0 Å². The summed E-state index contributed by atoms with van der Waals surface area (Å²) in [7, 11) is 0. The van der Waals surface area contributed by atoms with E-state index in [2.05, 4.69) is 0 Å². The van der Waals surface area contributed by atoms with Crippen molar-refractivity contribution in [3.63, 3.8) is 0 Å². The first-order chi connectivity index (χ1) is 5.22. The predicted molar refractivity (Wildman–Crippen MR) is 38.5 cm³/mol. The lowest BCUT2D eigenvalue weighted by molar-refractivity contribution is -0.155. The Kier molecular flexibility index (Phi) is 2.48. The van der Waals surface area contributed by atoms with Gasteiger partial charge in [-0.3, -0.25) is 4.79 Å². The van der Waals surface area contributed by atoms with Crippen LogP contribution in [0, 0.1) is 17.2 Å². The molecule has 2 atom stereocenters. The maximum atomic E-state index is 10.8. The van der Waals surface area contributed by atoms with Gasteiger partial charge in [0.1, 0.15) is 6.10 Å². The molecule has 0 spiro atoms. The molecule has 0 N–H and O–H groups in total. The molecule has 2 unspecified atom stereocenters. The molecule has 0 aromatic carbocycles. The largest absolute Gasteiger partial charge is 0.461 e. The Labute approximate surface area is 66.0 Å². The first-order valence-corrected chi connectivity index (χ1v) is 3.79. The van der Waals surface area contributed by atoms with Crippen molar-refractivity contribution in [2.45, 2.75) is 32.3 Å². The molecule has 1 fully saturated rings. The van der Waals surface area contributed by atoms with E-state index in [0.29, 0.717) is 18.8 Å². The first kappa shape index (κ1) is 8.06. The summed E-state index contributed by atoms with van der Waals surface area (Å²) < 4.78 is 4.94. The van der Waals surface area contributed by atoms with Gasteiger partial charge in [0.05, 0.1) is 12.5 Å². The highest BCUT2D eigenvalue weighted by Crippen LogP contribution is 2.21. The average Bonchev–Trinajstić information content (AvgIpc) is 1.85. The van der Waals surface area contributed by atoms with Gasteiger partial charge < -0.3 is 4.74 Å². The molecule has 3 heteroatoms. The summed E-state index contributed by atoms with van der Waals surface area (Å²) in [5.74, 6) is 0.207. The number of hydrogen-bond acceptors (Lipinski definition) is 3. The fourth-order valence-corrected chi connectivity index (χ4v) is 1.33. The Morgan fingerprint density at radius 3 is 3.09 bits per heavy atom. The van der Waals surface area contributed by atoms with Crippen LogP contribution < -0.4 is 0 Å². The second-order valence-corrected chi connectivity index (χ2v) is 3.02. The van der Waals surface area contributed by atoms with E-state index in [0.717, 1.165) is 6.42 Å². The standard InChI is InChI=1S/C8H11NO2/c1-6-4-7(2-3-9)11-8(10)5-6/h6-7H,2,4-5H2,1H3. The molecule has 0 amide bonds. The van der Waals surface area contributed by atoms with Gasteiger partial charge in [0.25, 0.3) is 0 Å². The summed E-state index contributed by atoms with van der Waals surface area (Å²) >= 11 is 0. The molecule has 0 bridgehead atoms. The van der Waals surface area contributed by atoms with Crippen LogP contribution in [-0.2, 0) is 9.53 Å². The van der Waals surface area contributed by atoms with Crippen molar-refractivity contribution in [2.24, 2.45) is 5.92 Å². The summed E-state index contributed by atoms with van der Waals surface area (Å²) in [4.78, 5) is 10.8. The van der Waals surface area contributed by atoms with Gasteiger partial charge in [-0.2, -0.15) is 5.26 Å². The Hall–Kier alpha value is -1.04. The number of cyclic esters (lactones) is 1. The summed E-state index contributed by atoms with van der Waals surface area (Å²) in [6.45, 7) is 2.00. The quantitative estimate of drug-likeness (QED) is 0.532. The fourth-order valence-electron chi connectivity index (χ4n) is 1.33. The van der Waals surface area contributed by atoms with E-state index in [1.165, 1.54) is 0 Å². The van der Waals surface area contributed by atoms with Gasteiger partial charge in [0.15, 0.2) is 0 Å². The van der Waals surface area contributed by atoms with Gasteiger partial charge in [-0.25, -0.2) is 0 Å². The van der Waals surface area contributed by atoms with Gasteiger partial charge >= 0.3 is 5.97 Å². The van der Waals surface area contributed by atoms with Gasteiger partial charge in [-0.15, -0.1) is 0 Å². The molecular weight excluding hydrogens is 142 g/mol. The maximum Gasteiger partial charge on any atom is 0.306 e. The van der Waals surface area contributed by atoms with Crippen molar-refractivity contribution in [2.75, 3.05) is 0 Å². The normalized spacial score (nSPS) is 30.7. The third kappa shape index (κ3) is 2.23. The number of carbonyl (C=O) groups is 1. The number of esters is 1. The monoisotopic (exact) mass is 153 g/mol. The van der Waals surface area contributed by atoms with Gasteiger partial charge in [-0.05, 0) is 12.3 Å². The fraction of sp³-hybridized carbons (Fsp3) is 0.750. The molecule has 0 radical (unpaired) electrons. The number of carbonyl (C=O) groups excluding carboxylic acids is 1. The van der Waals surface area contributed by atoms with Crippen LogP contribution in [0.25, 0.3) is 0 Å². The third-order valence-electron chi connectivity index (χ3n) is 1.80. The molecule has 0 aromatic heterocycles. The predicted octanol–water partition coefficient (Wildman–Crippen LogP) is 1.24. The zero-order valence-electron chi connectivity index (χ0n) is 6.54. The van der Waals surface area contributed by atoms with Crippen LogP contribution in [0.15, 0.2) is 0 Å². The maximum absolute atomic E-state index is 10.8. The Bertz CT molecular complexity index is 195. The SMILES string of the molecule is CC1CC(=O)OC(CC#N)C1. The molecule has 3 nitrogen and oxygen atoms in total. The van der Waals surface area contributed by atoms with Crippen LogP contribution in [-0.4, -0.2) is 12.1 Å².